The van der Waals surface area contributed by atoms with Crippen LogP contribution >= 0.6 is 0 Å². The molecule has 1 aliphatic rings. The van der Waals surface area contributed by atoms with E-state index < -0.39 is 20.8 Å². The predicted octanol–water partition coefficient (Wildman–Crippen LogP) is -1.39. The summed E-state index contributed by atoms with van der Waals surface area (Å²) in [4.78, 5) is 0. The Balaban J connectivity index is 0.000000280. The van der Waals surface area contributed by atoms with Crippen molar-refractivity contribution in [1.82, 2.24) is 9.44 Å². The fraction of sp³-hybridized carbons (Fsp3) is 1.00. The number of halogens is 2. The van der Waals surface area contributed by atoms with Crippen molar-refractivity contribution in [1.29, 1.82) is 0 Å². The minimum Gasteiger partial charge on any atom is -0.379 e. The smallest absolute Gasteiger partial charge is 0.379 e. The molecule has 1 aliphatic heterocycles. The zero-order chi connectivity index (χ0) is 11.9. The van der Waals surface area contributed by atoms with Crippen molar-refractivity contribution in [2.24, 2.45) is 0 Å². The first-order valence-corrected chi connectivity index (χ1v) is 6.44. The molecule has 0 aromatic heterocycles. The highest BCUT2D eigenvalue weighted by molar-refractivity contribution is 7.99. The zero-order valence-corrected chi connectivity index (χ0v) is 9.08. The van der Waals surface area contributed by atoms with Gasteiger partial charge in [-0.15, -0.1) is 0 Å². The van der Waals surface area contributed by atoms with Gasteiger partial charge in [-0.25, -0.2) is 0 Å². The molecule has 15 heavy (non-hydrogen) atoms. The second kappa shape index (κ2) is 6.27. The van der Waals surface area contributed by atoms with E-state index in [4.69, 9.17) is 4.74 Å². The Bertz CT molecular complexity index is 321. The summed E-state index contributed by atoms with van der Waals surface area (Å²) in [6.07, 6.45) is 0. The third-order valence-electron chi connectivity index (χ3n) is 1.05. The molecule has 0 aliphatic carbocycles. The summed E-state index contributed by atoms with van der Waals surface area (Å²) in [6.45, 7) is 3.83. The van der Waals surface area contributed by atoms with E-state index in [2.05, 4.69) is 5.32 Å². The minimum atomic E-state index is -5.49. The molecular formula is C4H10F2N2O5S2. The molecule has 92 valence electrons. The van der Waals surface area contributed by atoms with Crippen LogP contribution < -0.4 is 9.44 Å². The first-order valence-electron chi connectivity index (χ1n) is 3.67. The van der Waals surface area contributed by atoms with Gasteiger partial charge in [0.2, 0.25) is 0 Å². The minimum absolute atomic E-state index is 0.0694. The molecule has 2 N–H and O–H groups in total. The number of hydrogen-bond donors (Lipinski definition) is 2. The molecule has 0 unspecified atom stereocenters. The van der Waals surface area contributed by atoms with Crippen LogP contribution in [-0.2, 0) is 25.6 Å². The average Bonchev–Trinajstić information content (AvgIpc) is 2.01. The standard InChI is InChI=1S/C4H9NO.F2HNO4S2/c1-3-6-4-2-5-1;1-8(4,5)3-9(2,6)7/h5H,1-4H2;3H. The van der Waals surface area contributed by atoms with E-state index in [9.17, 15) is 24.6 Å². The number of rotatable bonds is 2. The fourth-order valence-corrected chi connectivity index (χ4v) is 1.59. The average molecular weight is 268 g/mol. The van der Waals surface area contributed by atoms with E-state index >= 15 is 0 Å². The second-order valence-corrected chi connectivity index (χ2v) is 4.74. The predicted molar refractivity (Wildman–Crippen MR) is 46.9 cm³/mol. The molecule has 1 heterocycles. The van der Waals surface area contributed by atoms with Gasteiger partial charge in [-0.3, -0.25) is 0 Å². The fourth-order valence-electron chi connectivity index (χ4n) is 0.635. The van der Waals surface area contributed by atoms with Crippen molar-refractivity contribution >= 4 is 20.8 Å². The molecule has 1 fully saturated rings. The topological polar surface area (TPSA) is 102 Å². The molecule has 1 saturated heterocycles. The van der Waals surface area contributed by atoms with Crippen molar-refractivity contribution in [3.8, 4) is 0 Å². The molecule has 1 rings (SSSR count). The highest BCUT2D eigenvalue weighted by atomic mass is 32.3. The monoisotopic (exact) mass is 268 g/mol. The van der Waals surface area contributed by atoms with E-state index in [1.165, 1.54) is 0 Å². The Hall–Kier alpha value is -0.360. The van der Waals surface area contributed by atoms with Gasteiger partial charge in [0.05, 0.1) is 13.2 Å². The van der Waals surface area contributed by atoms with E-state index in [0.717, 1.165) is 26.3 Å². The lowest BCUT2D eigenvalue weighted by molar-refractivity contribution is 0.109. The van der Waals surface area contributed by atoms with Gasteiger partial charge in [0, 0.05) is 13.1 Å². The van der Waals surface area contributed by atoms with Gasteiger partial charge in [-0.2, -0.15) is 16.8 Å². The van der Waals surface area contributed by atoms with Crippen LogP contribution in [0.1, 0.15) is 0 Å². The lowest BCUT2D eigenvalue weighted by Crippen LogP contribution is -2.30. The summed E-state index contributed by atoms with van der Waals surface area (Å²) in [5.74, 6) is 0. The Morgan fingerprint density at radius 1 is 1.00 bits per heavy atom. The van der Waals surface area contributed by atoms with Crippen LogP contribution in [0.2, 0.25) is 0 Å². The molecule has 0 aromatic carbocycles. The van der Waals surface area contributed by atoms with Crippen LogP contribution in [0.25, 0.3) is 0 Å². The number of nitrogens with one attached hydrogen (secondary N) is 2. The van der Waals surface area contributed by atoms with Crippen molar-refractivity contribution in [2.45, 2.75) is 0 Å². The van der Waals surface area contributed by atoms with E-state index in [1.54, 1.807) is 0 Å². The summed E-state index contributed by atoms with van der Waals surface area (Å²) in [5.41, 5.74) is 0. The third-order valence-corrected chi connectivity index (χ3v) is 2.64. The Morgan fingerprint density at radius 3 is 1.47 bits per heavy atom. The van der Waals surface area contributed by atoms with Crippen LogP contribution in [0.15, 0.2) is 0 Å². The number of hydrogen-bond acceptors (Lipinski definition) is 6. The first-order chi connectivity index (χ1) is 6.71. The Kier molecular flexibility index (Phi) is 6.12. The first kappa shape index (κ1) is 14.6. The lowest BCUT2D eigenvalue weighted by Gasteiger charge is -2.10. The maximum Gasteiger partial charge on any atom is 0.387 e. The van der Waals surface area contributed by atoms with Crippen LogP contribution in [-0.4, -0.2) is 43.1 Å². The zero-order valence-electron chi connectivity index (χ0n) is 7.44. The highest BCUT2D eigenvalue weighted by Crippen LogP contribution is 1.90. The molecule has 0 radical (unpaired) electrons. The molecule has 0 spiro atoms. The van der Waals surface area contributed by atoms with E-state index in [-0.39, 0.29) is 4.13 Å². The van der Waals surface area contributed by atoms with Crippen LogP contribution in [0.4, 0.5) is 7.77 Å². The maximum absolute atomic E-state index is 11.1. The third kappa shape index (κ3) is 13.6. The van der Waals surface area contributed by atoms with Gasteiger partial charge in [-0.1, -0.05) is 11.9 Å². The number of morpholine rings is 1. The summed E-state index contributed by atoms with van der Waals surface area (Å²) < 4.78 is 64.3. The van der Waals surface area contributed by atoms with Crippen LogP contribution in [0, 0.1) is 0 Å². The molecule has 0 amide bonds. The van der Waals surface area contributed by atoms with E-state index in [1.807, 2.05) is 0 Å². The van der Waals surface area contributed by atoms with Gasteiger partial charge >= 0.3 is 20.8 Å². The summed E-state index contributed by atoms with van der Waals surface area (Å²) in [5, 5.41) is 3.16. The summed E-state index contributed by atoms with van der Waals surface area (Å²) >= 11 is 0. The van der Waals surface area contributed by atoms with Gasteiger partial charge in [0.1, 0.15) is 0 Å². The van der Waals surface area contributed by atoms with Crippen LogP contribution in [0.3, 0.4) is 0 Å². The maximum atomic E-state index is 11.1. The quantitative estimate of drug-likeness (QED) is 0.598. The molecule has 7 nitrogen and oxygen atoms in total. The van der Waals surface area contributed by atoms with Crippen LogP contribution in [0.5, 0.6) is 0 Å². The molecule has 11 heteroatoms. The molecule has 0 saturated carbocycles. The summed E-state index contributed by atoms with van der Waals surface area (Å²) in [6, 6.07) is 0. The molecule has 0 aromatic rings. The van der Waals surface area contributed by atoms with E-state index in [0.29, 0.717) is 0 Å². The molecule has 0 atom stereocenters. The van der Waals surface area contributed by atoms with Crippen molar-refractivity contribution in [3.05, 3.63) is 0 Å². The van der Waals surface area contributed by atoms with Crippen molar-refractivity contribution in [2.75, 3.05) is 26.3 Å². The number of ether oxygens (including phenoxy) is 1. The van der Waals surface area contributed by atoms with Gasteiger partial charge in [0.25, 0.3) is 0 Å². The SMILES string of the molecule is C1COCCN1.O=S(=O)(F)NS(=O)(=O)F. The second-order valence-electron chi connectivity index (χ2n) is 2.32. The van der Waals surface area contributed by atoms with Gasteiger partial charge in [-0.05, 0) is 0 Å². The molecule has 0 bridgehead atoms. The normalized spacial score (nSPS) is 17.7. The Labute approximate surface area is 86.5 Å². The summed E-state index contributed by atoms with van der Waals surface area (Å²) in [7, 11) is -11.0. The largest absolute Gasteiger partial charge is 0.387 e. The van der Waals surface area contributed by atoms with Gasteiger partial charge in [0.15, 0.2) is 0 Å². The highest BCUT2D eigenvalue weighted by Gasteiger charge is 2.17. The van der Waals surface area contributed by atoms with Gasteiger partial charge < -0.3 is 10.1 Å². The lowest BCUT2D eigenvalue weighted by atomic mass is 10.5. The molecular weight excluding hydrogens is 258 g/mol. The van der Waals surface area contributed by atoms with Crippen molar-refractivity contribution in [3.63, 3.8) is 0 Å². The Morgan fingerprint density at radius 2 is 1.40 bits per heavy atom. The van der Waals surface area contributed by atoms with Crippen molar-refractivity contribution < 1.29 is 29.3 Å².